The zero-order chi connectivity index (χ0) is 29.6. The highest BCUT2D eigenvalue weighted by Gasteiger charge is 2.29. The van der Waals surface area contributed by atoms with Crippen molar-refractivity contribution in [3.63, 3.8) is 0 Å². The van der Waals surface area contributed by atoms with Crippen LogP contribution < -0.4 is 4.74 Å². The van der Waals surface area contributed by atoms with Crippen molar-refractivity contribution in [2.24, 2.45) is 17.8 Å². The highest BCUT2D eigenvalue weighted by atomic mass is 19.2. The second-order valence-corrected chi connectivity index (χ2v) is 11.7. The Kier molecular flexibility index (Phi) is 9.92. The van der Waals surface area contributed by atoms with Gasteiger partial charge >= 0.3 is 0 Å². The van der Waals surface area contributed by atoms with Gasteiger partial charge in [-0.1, -0.05) is 67.5 Å². The van der Waals surface area contributed by atoms with Crippen LogP contribution in [0.4, 0.5) is 17.6 Å². The monoisotopic (exact) mass is 574 g/mol. The molecular weight excluding hydrogens is 535 g/mol. The molecule has 1 nitrogen and oxygen atoms in total. The molecule has 1 atom stereocenters. The lowest BCUT2D eigenvalue weighted by Gasteiger charge is -2.35. The molecule has 2 aliphatic carbocycles. The van der Waals surface area contributed by atoms with Crippen LogP contribution in [0.1, 0.15) is 70.3 Å². The number of halogens is 4. The van der Waals surface area contributed by atoms with Gasteiger partial charge in [-0.25, -0.2) is 13.2 Å². The summed E-state index contributed by atoms with van der Waals surface area (Å²) in [6, 6.07) is 12.5. The highest BCUT2D eigenvalue weighted by Crippen LogP contribution is 2.43. The fourth-order valence-corrected chi connectivity index (χ4v) is 6.85. The van der Waals surface area contributed by atoms with Gasteiger partial charge in [-0.2, -0.15) is 4.39 Å². The Bertz CT molecular complexity index is 1440. The Morgan fingerprint density at radius 1 is 0.738 bits per heavy atom. The fraction of sp³-hybridized carbons (Fsp3) is 0.389. The summed E-state index contributed by atoms with van der Waals surface area (Å²) >= 11 is 0. The lowest BCUT2D eigenvalue weighted by Crippen LogP contribution is -2.23. The van der Waals surface area contributed by atoms with Crippen LogP contribution in [0.2, 0.25) is 0 Å². The quantitative estimate of drug-likeness (QED) is 0.140. The molecule has 0 aliphatic heterocycles. The van der Waals surface area contributed by atoms with E-state index in [1.54, 1.807) is 44.2 Å². The molecule has 0 amide bonds. The van der Waals surface area contributed by atoms with Crippen molar-refractivity contribution < 1.29 is 22.3 Å². The zero-order valence-electron chi connectivity index (χ0n) is 24.6. The van der Waals surface area contributed by atoms with Gasteiger partial charge in [0.1, 0.15) is 0 Å². The first-order valence-electron chi connectivity index (χ1n) is 15.4. The number of benzene rings is 3. The number of hydrogen-bond donors (Lipinski definition) is 0. The van der Waals surface area contributed by atoms with E-state index in [0.29, 0.717) is 22.6 Å². The van der Waals surface area contributed by atoms with E-state index in [9.17, 15) is 8.78 Å². The number of rotatable bonds is 9. The maximum absolute atomic E-state index is 15.4. The third-order valence-corrected chi connectivity index (χ3v) is 9.27. The zero-order valence-corrected chi connectivity index (χ0v) is 24.6. The largest absolute Gasteiger partial charge is 0.500 e. The summed E-state index contributed by atoms with van der Waals surface area (Å²) < 4.78 is 64.8. The van der Waals surface area contributed by atoms with Gasteiger partial charge in [-0.05, 0) is 98.5 Å². The molecule has 2 aliphatic rings. The third kappa shape index (κ3) is 6.53. The molecular formula is C36H39BF4O. The molecule has 42 heavy (non-hydrogen) atoms. The standard InChI is InChI=1S/C36H39BF4O/c1-2-3-4-5-23-6-8-24(9-7-23)25-10-12-26(13-11-25)29-18-19-30(34(39)33(29)38)27-14-16-28(17-15-27)31-20-21-32(42-22-37)36(41)35(31)40/h2-3,12,14-21,23-25H,4-11,13,22,37H2,1H3/b3-2+. The summed E-state index contributed by atoms with van der Waals surface area (Å²) in [5.41, 5.74) is 2.34. The summed E-state index contributed by atoms with van der Waals surface area (Å²) in [6.45, 7) is 2.30. The lowest BCUT2D eigenvalue weighted by atomic mass is 9.70. The average Bonchev–Trinajstić information content (AvgIpc) is 3.02. The summed E-state index contributed by atoms with van der Waals surface area (Å²) in [5, 5.41) is 0. The Morgan fingerprint density at radius 3 is 1.93 bits per heavy atom. The van der Waals surface area contributed by atoms with Crippen LogP contribution in [0.3, 0.4) is 0 Å². The Hall–Kier alpha value is -3.28. The molecule has 0 bridgehead atoms. The van der Waals surface area contributed by atoms with E-state index < -0.39 is 23.3 Å². The van der Waals surface area contributed by atoms with Gasteiger partial charge in [0.25, 0.3) is 0 Å². The second kappa shape index (κ2) is 13.8. The maximum atomic E-state index is 15.4. The second-order valence-electron chi connectivity index (χ2n) is 11.7. The summed E-state index contributed by atoms with van der Waals surface area (Å²) in [7, 11) is 1.69. The van der Waals surface area contributed by atoms with Crippen molar-refractivity contribution in [2.75, 3.05) is 6.51 Å². The molecule has 220 valence electrons. The van der Waals surface area contributed by atoms with Crippen molar-refractivity contribution >= 4 is 13.4 Å². The summed E-state index contributed by atoms with van der Waals surface area (Å²) in [5.74, 6) is -1.71. The van der Waals surface area contributed by atoms with Gasteiger partial charge in [0.15, 0.2) is 31.0 Å². The van der Waals surface area contributed by atoms with E-state index in [1.165, 1.54) is 50.7 Å². The molecule has 5 rings (SSSR count). The van der Waals surface area contributed by atoms with Crippen LogP contribution in [-0.4, -0.2) is 14.4 Å². The van der Waals surface area contributed by atoms with Crippen LogP contribution in [0.5, 0.6) is 5.75 Å². The molecule has 0 aromatic heterocycles. The summed E-state index contributed by atoms with van der Waals surface area (Å²) in [6.07, 6.45) is 16.9. The number of ether oxygens (including phenoxy) is 1. The van der Waals surface area contributed by atoms with Crippen LogP contribution in [0.25, 0.3) is 27.8 Å². The first-order valence-corrected chi connectivity index (χ1v) is 15.4. The normalized spacial score (nSPS) is 21.0. The fourth-order valence-electron chi connectivity index (χ4n) is 6.85. The van der Waals surface area contributed by atoms with Gasteiger partial charge < -0.3 is 4.74 Å². The Morgan fingerprint density at radius 2 is 1.33 bits per heavy atom. The minimum absolute atomic E-state index is 0.0736. The molecule has 0 saturated heterocycles. The molecule has 3 aromatic carbocycles. The van der Waals surface area contributed by atoms with Crippen LogP contribution in [-0.2, 0) is 0 Å². The number of hydrogen-bond acceptors (Lipinski definition) is 1. The average molecular weight is 575 g/mol. The van der Waals surface area contributed by atoms with Crippen LogP contribution in [0.15, 0.2) is 66.8 Å². The van der Waals surface area contributed by atoms with Crippen molar-refractivity contribution in [3.8, 4) is 28.0 Å². The predicted octanol–water partition coefficient (Wildman–Crippen LogP) is 9.89. The molecule has 0 radical (unpaired) electrons. The maximum Gasteiger partial charge on any atom is 0.201 e. The van der Waals surface area contributed by atoms with Crippen LogP contribution in [0, 0.1) is 41.0 Å². The molecule has 0 heterocycles. The first-order chi connectivity index (χ1) is 20.4. The van der Waals surface area contributed by atoms with E-state index in [1.807, 2.05) is 0 Å². The minimum Gasteiger partial charge on any atom is -0.500 e. The first kappa shape index (κ1) is 30.2. The van der Waals surface area contributed by atoms with Crippen molar-refractivity contribution in [2.45, 2.75) is 64.7 Å². The smallest absolute Gasteiger partial charge is 0.201 e. The molecule has 3 aromatic rings. The summed E-state index contributed by atoms with van der Waals surface area (Å²) in [4.78, 5) is 0. The highest BCUT2D eigenvalue weighted by molar-refractivity contribution is 6.08. The van der Waals surface area contributed by atoms with E-state index in [0.717, 1.165) is 36.7 Å². The van der Waals surface area contributed by atoms with Gasteiger partial charge in [0.2, 0.25) is 5.82 Å². The van der Waals surface area contributed by atoms with E-state index >= 15 is 8.78 Å². The van der Waals surface area contributed by atoms with Crippen LogP contribution >= 0.6 is 0 Å². The van der Waals surface area contributed by atoms with Crippen molar-refractivity contribution in [1.29, 1.82) is 0 Å². The topological polar surface area (TPSA) is 9.23 Å². The molecule has 0 N–H and O–H groups in total. The van der Waals surface area contributed by atoms with E-state index in [4.69, 9.17) is 4.74 Å². The van der Waals surface area contributed by atoms with Gasteiger partial charge in [0, 0.05) is 16.7 Å². The molecule has 6 heteroatoms. The SMILES string of the molecule is BCOc1ccc(-c2ccc(-c3ccc(C4=CCC(C5CCC(CC/C=C/C)CC5)CC4)c(F)c3F)cc2)c(F)c1F. The van der Waals surface area contributed by atoms with Gasteiger partial charge in [-0.15, -0.1) is 0 Å². The third-order valence-electron chi connectivity index (χ3n) is 9.27. The molecule has 0 spiro atoms. The molecule has 1 fully saturated rings. The van der Waals surface area contributed by atoms with Gasteiger partial charge in [-0.3, -0.25) is 0 Å². The Labute approximate surface area is 248 Å². The van der Waals surface area contributed by atoms with Gasteiger partial charge in [0.05, 0.1) is 6.51 Å². The van der Waals surface area contributed by atoms with Crippen molar-refractivity contribution in [3.05, 3.63) is 95.6 Å². The lowest BCUT2D eigenvalue weighted by molar-refractivity contribution is 0.190. The molecule has 1 saturated carbocycles. The van der Waals surface area contributed by atoms with E-state index in [2.05, 4.69) is 25.2 Å². The predicted molar refractivity (Wildman–Crippen MR) is 166 cm³/mol. The Balaban J connectivity index is 1.25. The van der Waals surface area contributed by atoms with E-state index in [-0.39, 0.29) is 23.4 Å². The van der Waals surface area contributed by atoms with Crippen molar-refractivity contribution in [1.82, 2.24) is 0 Å². The number of allylic oxidation sites excluding steroid dienone is 4. The molecule has 1 unspecified atom stereocenters. The minimum atomic E-state index is -1.05.